The van der Waals surface area contributed by atoms with Crippen LogP contribution < -0.4 is 4.72 Å². The van der Waals surface area contributed by atoms with E-state index in [4.69, 9.17) is 34.8 Å². The fraction of sp³-hybridized carbons (Fsp3) is 0.417. The van der Waals surface area contributed by atoms with Crippen molar-refractivity contribution < 1.29 is 26.4 Å². The fourth-order valence-corrected chi connectivity index (χ4v) is 8.00. The molecule has 0 saturated carbocycles. The standard InChI is InChI=1S/C24H27Cl3N4O6S2/c1-14(2)29-13-22-30(39(36,37)21-11-17(26)8-9-18(21)27)12-19(28-38(3,34)35)23(32)31(22)20(24(29)33)10-15-4-6-16(25)7-5-15/h4-9,11,14,19-20,22,28H,10,12-13H2,1-3H3. The van der Waals surface area contributed by atoms with Crippen molar-refractivity contribution in [2.24, 2.45) is 0 Å². The van der Waals surface area contributed by atoms with Crippen LogP contribution in [-0.2, 0) is 36.1 Å². The summed E-state index contributed by atoms with van der Waals surface area (Å²) in [6.45, 7) is 2.95. The summed E-state index contributed by atoms with van der Waals surface area (Å²) in [5, 5.41) is 0.510. The lowest BCUT2D eigenvalue weighted by atomic mass is 9.96. The number of sulfonamides is 2. The van der Waals surface area contributed by atoms with E-state index in [1.54, 1.807) is 38.1 Å². The normalized spacial score (nSPS) is 22.9. The van der Waals surface area contributed by atoms with Gasteiger partial charge in [0.15, 0.2) is 0 Å². The maximum absolute atomic E-state index is 14.0. The maximum Gasteiger partial charge on any atom is 0.246 e. The first kappa shape index (κ1) is 30.0. The van der Waals surface area contributed by atoms with E-state index in [1.165, 1.54) is 28.0 Å². The number of hydrogen-bond donors (Lipinski definition) is 1. The van der Waals surface area contributed by atoms with Gasteiger partial charge in [-0.05, 0) is 49.7 Å². The molecule has 39 heavy (non-hydrogen) atoms. The maximum atomic E-state index is 14.0. The molecule has 2 fully saturated rings. The van der Waals surface area contributed by atoms with Gasteiger partial charge in [0.25, 0.3) is 0 Å². The van der Waals surface area contributed by atoms with Gasteiger partial charge in [-0.2, -0.15) is 4.31 Å². The van der Waals surface area contributed by atoms with Crippen molar-refractivity contribution in [3.05, 3.63) is 63.1 Å². The quantitative estimate of drug-likeness (QED) is 0.498. The predicted octanol–water partition coefficient (Wildman–Crippen LogP) is 2.59. The van der Waals surface area contributed by atoms with Gasteiger partial charge < -0.3 is 9.80 Å². The Balaban J connectivity index is 1.87. The molecule has 1 N–H and O–H groups in total. The Hall–Kier alpha value is -1.93. The molecule has 2 aliphatic rings. The van der Waals surface area contributed by atoms with Gasteiger partial charge in [-0.25, -0.2) is 21.6 Å². The van der Waals surface area contributed by atoms with Crippen LogP contribution in [0.2, 0.25) is 15.1 Å². The Labute approximate surface area is 242 Å². The minimum absolute atomic E-state index is 0.0544. The molecular formula is C24H27Cl3N4O6S2. The third-order valence-electron chi connectivity index (χ3n) is 6.63. The summed E-state index contributed by atoms with van der Waals surface area (Å²) in [5.74, 6) is -1.09. The summed E-state index contributed by atoms with van der Waals surface area (Å²) in [6.07, 6.45) is -0.210. The van der Waals surface area contributed by atoms with Crippen LogP contribution in [0.25, 0.3) is 0 Å². The zero-order valence-corrected chi connectivity index (χ0v) is 25.1. The van der Waals surface area contributed by atoms with Gasteiger partial charge in [-0.1, -0.05) is 46.9 Å². The Bertz CT molecular complexity index is 1500. The molecule has 2 saturated heterocycles. The topological polar surface area (TPSA) is 124 Å². The lowest BCUT2D eigenvalue weighted by Crippen LogP contribution is -2.76. The van der Waals surface area contributed by atoms with E-state index in [2.05, 4.69) is 4.72 Å². The highest BCUT2D eigenvalue weighted by Gasteiger charge is 2.54. The molecule has 212 valence electrons. The molecule has 0 aromatic heterocycles. The molecule has 0 radical (unpaired) electrons. The molecule has 2 aliphatic heterocycles. The summed E-state index contributed by atoms with van der Waals surface area (Å²) < 4.78 is 55.7. The van der Waals surface area contributed by atoms with Crippen LogP contribution in [0.15, 0.2) is 47.4 Å². The van der Waals surface area contributed by atoms with Crippen molar-refractivity contribution in [1.82, 2.24) is 18.8 Å². The van der Waals surface area contributed by atoms with Crippen LogP contribution in [0, 0.1) is 0 Å². The van der Waals surface area contributed by atoms with Crippen molar-refractivity contribution in [2.75, 3.05) is 19.3 Å². The minimum Gasteiger partial charge on any atom is -0.335 e. The Kier molecular flexibility index (Phi) is 8.59. The van der Waals surface area contributed by atoms with E-state index in [1.807, 2.05) is 0 Å². The Morgan fingerprint density at radius 2 is 1.54 bits per heavy atom. The Morgan fingerprint density at radius 1 is 0.923 bits per heavy atom. The highest BCUT2D eigenvalue weighted by molar-refractivity contribution is 7.89. The van der Waals surface area contributed by atoms with Crippen LogP contribution in [0.5, 0.6) is 0 Å². The van der Waals surface area contributed by atoms with E-state index < -0.39 is 50.7 Å². The molecule has 2 heterocycles. The number of amides is 2. The van der Waals surface area contributed by atoms with Crippen molar-refractivity contribution in [1.29, 1.82) is 0 Å². The predicted molar refractivity (Wildman–Crippen MR) is 149 cm³/mol. The van der Waals surface area contributed by atoms with Gasteiger partial charge in [0.2, 0.25) is 31.9 Å². The zero-order valence-electron chi connectivity index (χ0n) is 21.2. The second kappa shape index (κ2) is 11.2. The van der Waals surface area contributed by atoms with E-state index in [9.17, 15) is 26.4 Å². The first-order valence-electron chi connectivity index (χ1n) is 11.9. The van der Waals surface area contributed by atoms with Crippen LogP contribution in [-0.4, -0.2) is 86.4 Å². The molecule has 2 amide bonds. The highest BCUT2D eigenvalue weighted by Crippen LogP contribution is 2.35. The number of carbonyl (C=O) groups excluding carboxylic acids is 2. The highest BCUT2D eigenvalue weighted by atomic mass is 35.5. The molecule has 0 aliphatic carbocycles. The van der Waals surface area contributed by atoms with Crippen molar-refractivity contribution in [3.8, 4) is 0 Å². The summed E-state index contributed by atoms with van der Waals surface area (Å²) in [4.78, 5) is 29.9. The van der Waals surface area contributed by atoms with Crippen molar-refractivity contribution >= 4 is 66.7 Å². The van der Waals surface area contributed by atoms with E-state index in [-0.39, 0.29) is 39.9 Å². The van der Waals surface area contributed by atoms with E-state index >= 15 is 0 Å². The molecule has 4 rings (SSSR count). The van der Waals surface area contributed by atoms with Gasteiger partial charge in [0.05, 0.1) is 17.8 Å². The monoisotopic (exact) mass is 636 g/mol. The number of piperazine rings is 1. The van der Waals surface area contributed by atoms with Crippen LogP contribution >= 0.6 is 34.8 Å². The molecule has 2 aromatic rings. The van der Waals surface area contributed by atoms with Gasteiger partial charge in [-0.3, -0.25) is 9.59 Å². The number of nitrogens with one attached hydrogen (secondary N) is 1. The number of halogens is 3. The zero-order chi connectivity index (χ0) is 28.9. The van der Waals surface area contributed by atoms with Gasteiger partial charge >= 0.3 is 0 Å². The third-order valence-corrected chi connectivity index (χ3v) is 10.2. The molecule has 2 aromatic carbocycles. The first-order chi connectivity index (χ1) is 18.1. The second-order valence-electron chi connectivity index (χ2n) is 9.75. The van der Waals surface area contributed by atoms with E-state index in [0.29, 0.717) is 10.6 Å². The minimum atomic E-state index is -4.43. The number of carbonyl (C=O) groups is 2. The van der Waals surface area contributed by atoms with Gasteiger partial charge in [0.1, 0.15) is 23.1 Å². The average molecular weight is 638 g/mol. The molecule has 0 bridgehead atoms. The second-order valence-corrected chi connectivity index (χ2v) is 14.7. The average Bonchev–Trinajstić information content (AvgIpc) is 2.83. The van der Waals surface area contributed by atoms with Crippen LogP contribution in [0.1, 0.15) is 19.4 Å². The van der Waals surface area contributed by atoms with Crippen LogP contribution in [0.3, 0.4) is 0 Å². The number of hydrogen-bond acceptors (Lipinski definition) is 6. The van der Waals surface area contributed by atoms with E-state index in [0.717, 1.165) is 10.6 Å². The third kappa shape index (κ3) is 6.22. The largest absolute Gasteiger partial charge is 0.335 e. The lowest BCUT2D eigenvalue weighted by molar-refractivity contribution is -0.168. The summed E-state index contributed by atoms with van der Waals surface area (Å²) in [6, 6.07) is 7.77. The summed E-state index contributed by atoms with van der Waals surface area (Å²) in [5.41, 5.74) is 0.681. The molecular weight excluding hydrogens is 611 g/mol. The summed E-state index contributed by atoms with van der Waals surface area (Å²) in [7, 11) is -8.37. The number of rotatable bonds is 7. The fourth-order valence-electron chi connectivity index (χ4n) is 4.86. The van der Waals surface area contributed by atoms with Gasteiger partial charge in [0, 0.05) is 29.1 Å². The smallest absolute Gasteiger partial charge is 0.246 e. The number of fused-ring (bicyclic) bond motifs is 1. The number of nitrogens with zero attached hydrogens (tertiary/aromatic N) is 3. The van der Waals surface area contributed by atoms with Crippen molar-refractivity contribution in [3.63, 3.8) is 0 Å². The lowest BCUT2D eigenvalue weighted by Gasteiger charge is -2.54. The number of benzene rings is 2. The molecule has 3 atom stereocenters. The molecule has 0 spiro atoms. The molecule has 3 unspecified atom stereocenters. The van der Waals surface area contributed by atoms with Gasteiger partial charge in [-0.15, -0.1) is 0 Å². The summed E-state index contributed by atoms with van der Waals surface area (Å²) >= 11 is 18.4. The Morgan fingerprint density at radius 3 is 2.13 bits per heavy atom. The molecule has 10 nitrogen and oxygen atoms in total. The van der Waals surface area contributed by atoms with Crippen LogP contribution in [0.4, 0.5) is 0 Å². The SMILES string of the molecule is CC(C)N1CC2N(C(=O)C(NS(C)(=O)=O)CN2S(=O)(=O)c2cc(Cl)ccc2Cl)C(Cc2ccc(Cl)cc2)C1=O. The van der Waals surface area contributed by atoms with Crippen molar-refractivity contribution in [2.45, 2.75) is 49.5 Å². The first-order valence-corrected chi connectivity index (χ1v) is 16.4. The molecule has 15 heteroatoms.